The van der Waals surface area contributed by atoms with Gasteiger partial charge in [0.1, 0.15) is 0 Å². The van der Waals surface area contributed by atoms with Gasteiger partial charge in [0.2, 0.25) is 0 Å². The summed E-state index contributed by atoms with van der Waals surface area (Å²) >= 11 is 0. The molecule has 0 unspecified atom stereocenters. The number of nitrogens with one attached hydrogen (secondary N) is 1. The van der Waals surface area contributed by atoms with Gasteiger partial charge in [-0.3, -0.25) is 0 Å². The van der Waals surface area contributed by atoms with Crippen LogP contribution in [0.2, 0.25) is 0 Å². The Morgan fingerprint density at radius 2 is 1.24 bits per heavy atom. The molecule has 2 aromatic carbocycles. The van der Waals surface area contributed by atoms with Crippen LogP contribution < -0.4 is 5.32 Å². The molecule has 0 aliphatic heterocycles. The molecule has 1 N–H and O–H groups in total. The SMILES string of the molecule is CNCc1ccc(CCc2ccccc2)cc1. The molecule has 0 atom stereocenters. The first-order chi connectivity index (χ1) is 8.38. The topological polar surface area (TPSA) is 12.0 Å². The Balaban J connectivity index is 1.91. The molecule has 0 fully saturated rings. The standard InChI is InChI=1S/C16H19N/c1-17-13-16-11-9-15(10-12-16)8-7-14-5-3-2-4-6-14/h2-6,9-12,17H,7-8,13H2,1H3. The predicted octanol–water partition coefficient (Wildman–Crippen LogP) is 3.19. The first kappa shape index (κ1) is 11.9. The van der Waals surface area contributed by atoms with Crippen molar-refractivity contribution >= 4 is 0 Å². The summed E-state index contributed by atoms with van der Waals surface area (Å²) in [6.07, 6.45) is 2.23. The average Bonchev–Trinajstić information content (AvgIpc) is 2.40. The van der Waals surface area contributed by atoms with E-state index in [1.807, 2.05) is 7.05 Å². The van der Waals surface area contributed by atoms with Gasteiger partial charge in [0, 0.05) is 6.54 Å². The second kappa shape index (κ2) is 6.21. The summed E-state index contributed by atoms with van der Waals surface area (Å²) < 4.78 is 0. The van der Waals surface area contributed by atoms with Gasteiger partial charge in [-0.25, -0.2) is 0 Å². The Bertz CT molecular complexity index is 431. The monoisotopic (exact) mass is 225 g/mol. The summed E-state index contributed by atoms with van der Waals surface area (Å²) in [5.41, 5.74) is 4.16. The zero-order valence-electron chi connectivity index (χ0n) is 10.3. The van der Waals surface area contributed by atoms with E-state index in [2.05, 4.69) is 59.9 Å². The van der Waals surface area contributed by atoms with Gasteiger partial charge >= 0.3 is 0 Å². The fraction of sp³-hybridized carbons (Fsp3) is 0.250. The largest absolute Gasteiger partial charge is 0.316 e. The molecule has 0 aliphatic carbocycles. The van der Waals surface area contributed by atoms with Crippen LogP contribution in [-0.4, -0.2) is 7.05 Å². The molecule has 0 aliphatic rings. The molecule has 0 saturated carbocycles. The van der Waals surface area contributed by atoms with Crippen molar-refractivity contribution in [1.29, 1.82) is 0 Å². The second-order valence-electron chi connectivity index (χ2n) is 4.33. The lowest BCUT2D eigenvalue weighted by Crippen LogP contribution is -2.04. The molecule has 0 aromatic heterocycles. The van der Waals surface area contributed by atoms with E-state index in [1.54, 1.807) is 0 Å². The van der Waals surface area contributed by atoms with Crippen LogP contribution in [0.1, 0.15) is 16.7 Å². The number of aryl methyl sites for hydroxylation is 2. The molecule has 2 rings (SSSR count). The van der Waals surface area contributed by atoms with Crippen LogP contribution in [0.4, 0.5) is 0 Å². The van der Waals surface area contributed by atoms with Crippen molar-refractivity contribution in [1.82, 2.24) is 5.32 Å². The molecule has 1 nitrogen and oxygen atoms in total. The number of hydrogen-bond donors (Lipinski definition) is 1. The highest BCUT2D eigenvalue weighted by molar-refractivity contribution is 5.24. The van der Waals surface area contributed by atoms with Gasteiger partial charge in [0.25, 0.3) is 0 Å². The second-order valence-corrected chi connectivity index (χ2v) is 4.33. The van der Waals surface area contributed by atoms with Crippen molar-refractivity contribution in [2.24, 2.45) is 0 Å². The molecule has 17 heavy (non-hydrogen) atoms. The van der Waals surface area contributed by atoms with Crippen LogP contribution in [0.15, 0.2) is 54.6 Å². The van der Waals surface area contributed by atoms with Gasteiger partial charge in [-0.1, -0.05) is 54.6 Å². The van der Waals surface area contributed by atoms with Crippen LogP contribution in [0.3, 0.4) is 0 Å². The summed E-state index contributed by atoms with van der Waals surface area (Å²) in [4.78, 5) is 0. The lowest BCUT2D eigenvalue weighted by Gasteiger charge is -2.04. The van der Waals surface area contributed by atoms with E-state index in [-0.39, 0.29) is 0 Å². The van der Waals surface area contributed by atoms with E-state index in [1.165, 1.54) is 16.7 Å². The fourth-order valence-electron chi connectivity index (χ4n) is 1.96. The molecule has 0 amide bonds. The average molecular weight is 225 g/mol. The zero-order valence-corrected chi connectivity index (χ0v) is 10.3. The predicted molar refractivity (Wildman–Crippen MR) is 73.1 cm³/mol. The minimum atomic E-state index is 0.943. The first-order valence-electron chi connectivity index (χ1n) is 6.15. The highest BCUT2D eigenvalue weighted by atomic mass is 14.8. The molecule has 0 radical (unpaired) electrons. The maximum Gasteiger partial charge on any atom is 0.0202 e. The first-order valence-corrected chi connectivity index (χ1v) is 6.15. The van der Waals surface area contributed by atoms with Crippen molar-refractivity contribution in [2.45, 2.75) is 19.4 Å². The maximum absolute atomic E-state index is 3.16. The van der Waals surface area contributed by atoms with Gasteiger partial charge in [0.15, 0.2) is 0 Å². The normalized spacial score (nSPS) is 10.4. The van der Waals surface area contributed by atoms with Crippen molar-refractivity contribution in [3.05, 3.63) is 71.3 Å². The van der Waals surface area contributed by atoms with E-state index < -0.39 is 0 Å². The minimum Gasteiger partial charge on any atom is -0.316 e. The summed E-state index contributed by atoms with van der Waals surface area (Å²) in [5, 5.41) is 3.16. The molecular formula is C16H19N. The fourth-order valence-corrected chi connectivity index (χ4v) is 1.96. The number of rotatable bonds is 5. The third-order valence-corrected chi connectivity index (χ3v) is 2.95. The molecule has 0 bridgehead atoms. The van der Waals surface area contributed by atoms with Crippen LogP contribution in [0.5, 0.6) is 0 Å². The third-order valence-electron chi connectivity index (χ3n) is 2.95. The van der Waals surface area contributed by atoms with Crippen LogP contribution in [0.25, 0.3) is 0 Å². The Labute approximate surface area is 103 Å². The van der Waals surface area contributed by atoms with Gasteiger partial charge in [0.05, 0.1) is 0 Å². The van der Waals surface area contributed by atoms with Gasteiger partial charge in [-0.05, 0) is 36.6 Å². The zero-order chi connectivity index (χ0) is 11.9. The highest BCUT2D eigenvalue weighted by Gasteiger charge is 1.96. The molecular weight excluding hydrogens is 206 g/mol. The number of hydrogen-bond acceptors (Lipinski definition) is 1. The van der Waals surface area contributed by atoms with Crippen LogP contribution >= 0.6 is 0 Å². The quantitative estimate of drug-likeness (QED) is 0.824. The smallest absolute Gasteiger partial charge is 0.0202 e. The maximum atomic E-state index is 3.16. The van der Waals surface area contributed by atoms with Crippen LogP contribution in [-0.2, 0) is 19.4 Å². The van der Waals surface area contributed by atoms with E-state index in [0.29, 0.717) is 0 Å². The van der Waals surface area contributed by atoms with E-state index in [0.717, 1.165) is 19.4 Å². The molecule has 0 spiro atoms. The highest BCUT2D eigenvalue weighted by Crippen LogP contribution is 2.09. The van der Waals surface area contributed by atoms with Crippen molar-refractivity contribution in [2.75, 3.05) is 7.05 Å². The molecule has 0 heterocycles. The Morgan fingerprint density at radius 3 is 1.82 bits per heavy atom. The summed E-state index contributed by atoms with van der Waals surface area (Å²) in [6, 6.07) is 19.5. The Morgan fingerprint density at radius 1 is 0.706 bits per heavy atom. The molecule has 1 heteroatoms. The van der Waals surface area contributed by atoms with Gasteiger partial charge in [-0.15, -0.1) is 0 Å². The van der Waals surface area contributed by atoms with Gasteiger partial charge in [-0.2, -0.15) is 0 Å². The van der Waals surface area contributed by atoms with Crippen molar-refractivity contribution in [3.8, 4) is 0 Å². The molecule has 2 aromatic rings. The Hall–Kier alpha value is -1.60. The van der Waals surface area contributed by atoms with Crippen LogP contribution in [0, 0.1) is 0 Å². The van der Waals surface area contributed by atoms with Crippen molar-refractivity contribution in [3.63, 3.8) is 0 Å². The summed E-state index contributed by atoms with van der Waals surface area (Å²) in [7, 11) is 1.98. The summed E-state index contributed by atoms with van der Waals surface area (Å²) in [6.45, 7) is 0.943. The van der Waals surface area contributed by atoms with Crippen molar-refractivity contribution < 1.29 is 0 Å². The van der Waals surface area contributed by atoms with E-state index in [9.17, 15) is 0 Å². The van der Waals surface area contributed by atoms with Gasteiger partial charge < -0.3 is 5.32 Å². The molecule has 88 valence electrons. The van der Waals surface area contributed by atoms with E-state index in [4.69, 9.17) is 0 Å². The lowest BCUT2D eigenvalue weighted by molar-refractivity contribution is 0.816. The minimum absolute atomic E-state index is 0.943. The summed E-state index contributed by atoms with van der Waals surface area (Å²) in [5.74, 6) is 0. The third kappa shape index (κ3) is 3.72. The Kier molecular flexibility index (Phi) is 4.34. The lowest BCUT2D eigenvalue weighted by atomic mass is 10.0. The molecule has 0 saturated heterocycles. The van der Waals surface area contributed by atoms with E-state index >= 15 is 0 Å². The number of benzene rings is 2.